The number of nitrogens with one attached hydrogen (secondary N) is 1. The minimum Gasteiger partial charge on any atom is -0.237 e. The zero-order chi connectivity index (χ0) is 16.8. The Morgan fingerprint density at radius 1 is 0.833 bits per heavy atom. The van der Waals surface area contributed by atoms with Crippen molar-refractivity contribution < 1.29 is 4.21 Å². The third-order valence-electron chi connectivity index (χ3n) is 3.97. The molecule has 24 heavy (non-hydrogen) atoms. The Hall–Kier alpha value is -2.23. The van der Waals surface area contributed by atoms with Crippen LogP contribution in [0.25, 0.3) is 0 Å². The lowest BCUT2D eigenvalue weighted by atomic mass is 10.00. The highest BCUT2D eigenvalue weighted by molar-refractivity contribution is 7.83. The van der Waals surface area contributed by atoms with Crippen molar-refractivity contribution in [3.63, 3.8) is 0 Å². The van der Waals surface area contributed by atoms with Gasteiger partial charge >= 0.3 is 0 Å². The van der Waals surface area contributed by atoms with Crippen molar-refractivity contribution in [1.29, 1.82) is 0 Å². The molecule has 3 rings (SSSR count). The van der Waals surface area contributed by atoms with E-state index in [1.165, 1.54) is 11.1 Å². The van der Waals surface area contributed by atoms with Gasteiger partial charge in [0.2, 0.25) is 0 Å². The molecule has 0 saturated heterocycles. The Kier molecular flexibility index (Phi) is 5.57. The van der Waals surface area contributed by atoms with Crippen LogP contribution in [0.1, 0.15) is 22.7 Å². The van der Waals surface area contributed by atoms with E-state index in [1.54, 1.807) is 0 Å². The molecule has 3 aromatic carbocycles. The lowest BCUT2D eigenvalue weighted by Gasteiger charge is -2.19. The molecule has 0 amide bonds. The van der Waals surface area contributed by atoms with Gasteiger partial charge in [0, 0.05) is 6.04 Å². The van der Waals surface area contributed by atoms with E-state index in [0.29, 0.717) is 0 Å². The lowest BCUT2D eigenvalue weighted by Crippen LogP contribution is -2.25. The first kappa shape index (κ1) is 16.6. The predicted octanol–water partition coefficient (Wildman–Crippen LogP) is 4.59. The van der Waals surface area contributed by atoms with E-state index in [2.05, 4.69) is 29.0 Å². The van der Waals surface area contributed by atoms with Gasteiger partial charge in [-0.2, -0.15) is 0 Å². The average molecular weight is 335 g/mol. The molecule has 0 aliphatic rings. The second-order valence-corrected chi connectivity index (χ2v) is 7.10. The summed E-state index contributed by atoms with van der Waals surface area (Å²) in [7, 11) is -1.25. The van der Waals surface area contributed by atoms with Crippen LogP contribution >= 0.6 is 0 Å². The Labute approximate surface area is 146 Å². The van der Waals surface area contributed by atoms with E-state index in [-0.39, 0.29) is 6.04 Å². The van der Waals surface area contributed by atoms with Gasteiger partial charge in [-0.15, -0.1) is 0 Å². The van der Waals surface area contributed by atoms with Crippen molar-refractivity contribution in [3.8, 4) is 0 Å². The minimum atomic E-state index is -1.25. The van der Waals surface area contributed by atoms with Gasteiger partial charge in [0.15, 0.2) is 0 Å². The van der Waals surface area contributed by atoms with Crippen LogP contribution < -0.4 is 4.72 Å². The van der Waals surface area contributed by atoms with Gasteiger partial charge < -0.3 is 0 Å². The molecule has 3 aromatic rings. The first-order valence-corrected chi connectivity index (χ1v) is 9.21. The maximum absolute atomic E-state index is 12.7. The molecule has 2 nitrogen and oxygen atoms in total. The average Bonchev–Trinajstić information content (AvgIpc) is 2.63. The molecule has 0 aliphatic carbocycles. The molecule has 2 unspecified atom stereocenters. The molecular formula is C21H21NOS. The van der Waals surface area contributed by atoms with E-state index >= 15 is 0 Å². The van der Waals surface area contributed by atoms with E-state index in [9.17, 15) is 4.21 Å². The second-order valence-electron chi connectivity index (χ2n) is 5.85. The summed E-state index contributed by atoms with van der Waals surface area (Å²) in [6.07, 6.45) is 0.794. The van der Waals surface area contributed by atoms with Crippen LogP contribution in [0, 0.1) is 6.92 Å². The van der Waals surface area contributed by atoms with Crippen molar-refractivity contribution in [1.82, 2.24) is 4.72 Å². The third-order valence-corrected chi connectivity index (χ3v) is 5.17. The molecule has 0 fully saturated rings. The van der Waals surface area contributed by atoms with E-state index < -0.39 is 11.0 Å². The zero-order valence-corrected chi connectivity index (χ0v) is 14.5. The van der Waals surface area contributed by atoms with Crippen LogP contribution in [0.3, 0.4) is 0 Å². The molecular weight excluding hydrogens is 314 g/mol. The number of rotatable bonds is 6. The van der Waals surface area contributed by atoms with Crippen molar-refractivity contribution in [2.75, 3.05) is 0 Å². The molecule has 0 saturated carbocycles. The van der Waals surface area contributed by atoms with Gasteiger partial charge in [-0.3, -0.25) is 0 Å². The molecule has 1 N–H and O–H groups in total. The maximum Gasteiger partial charge on any atom is 0.125 e. The summed E-state index contributed by atoms with van der Waals surface area (Å²) in [5.41, 5.74) is 3.53. The van der Waals surface area contributed by atoms with Crippen molar-refractivity contribution in [3.05, 3.63) is 102 Å². The standard InChI is InChI=1S/C21H21NOS/c1-17-12-14-20(15-13-17)24(23)22-21(19-10-6-3-7-11-19)16-18-8-4-2-5-9-18/h2-15,21-22H,16H2,1H3. The summed E-state index contributed by atoms with van der Waals surface area (Å²) in [5.74, 6) is 0. The van der Waals surface area contributed by atoms with E-state index in [4.69, 9.17) is 0 Å². The van der Waals surface area contributed by atoms with Crippen LogP contribution in [-0.2, 0) is 17.4 Å². The number of hydrogen-bond acceptors (Lipinski definition) is 1. The number of aryl methyl sites for hydroxylation is 1. The summed E-state index contributed by atoms with van der Waals surface area (Å²) < 4.78 is 16.0. The SMILES string of the molecule is Cc1ccc(S(=O)NC(Cc2ccccc2)c2ccccc2)cc1. The fourth-order valence-corrected chi connectivity index (χ4v) is 3.62. The zero-order valence-electron chi connectivity index (χ0n) is 13.7. The topological polar surface area (TPSA) is 29.1 Å². The highest BCUT2D eigenvalue weighted by atomic mass is 32.2. The first-order valence-electron chi connectivity index (χ1n) is 8.06. The van der Waals surface area contributed by atoms with Gasteiger partial charge in [0.05, 0.1) is 4.90 Å². The summed E-state index contributed by atoms with van der Waals surface area (Å²) in [6, 6.07) is 28.3. The fraction of sp³-hybridized carbons (Fsp3) is 0.143. The molecule has 0 bridgehead atoms. The maximum atomic E-state index is 12.7. The summed E-state index contributed by atoms with van der Waals surface area (Å²) in [4.78, 5) is 0.801. The Morgan fingerprint density at radius 2 is 1.42 bits per heavy atom. The van der Waals surface area contributed by atoms with E-state index in [0.717, 1.165) is 16.9 Å². The van der Waals surface area contributed by atoms with Gasteiger partial charge in [0.25, 0.3) is 0 Å². The fourth-order valence-electron chi connectivity index (χ4n) is 2.62. The van der Waals surface area contributed by atoms with Crippen LogP contribution in [0.5, 0.6) is 0 Å². The second kappa shape index (κ2) is 8.04. The molecule has 0 radical (unpaired) electrons. The molecule has 0 aromatic heterocycles. The smallest absolute Gasteiger partial charge is 0.125 e. The summed E-state index contributed by atoms with van der Waals surface area (Å²) >= 11 is 0. The predicted molar refractivity (Wildman–Crippen MR) is 100 cm³/mol. The van der Waals surface area contributed by atoms with Crippen LogP contribution in [-0.4, -0.2) is 4.21 Å². The van der Waals surface area contributed by atoms with Crippen LogP contribution in [0.2, 0.25) is 0 Å². The molecule has 122 valence electrons. The summed E-state index contributed by atoms with van der Waals surface area (Å²) in [6.45, 7) is 2.03. The largest absolute Gasteiger partial charge is 0.237 e. The Bertz CT molecular complexity index is 785. The monoisotopic (exact) mass is 335 g/mol. The first-order chi connectivity index (χ1) is 11.7. The molecule has 0 spiro atoms. The molecule has 3 heteroatoms. The normalized spacial score (nSPS) is 13.4. The molecule has 0 aliphatic heterocycles. The van der Waals surface area contributed by atoms with Gasteiger partial charge in [-0.05, 0) is 36.6 Å². The highest BCUT2D eigenvalue weighted by Crippen LogP contribution is 2.20. The third kappa shape index (κ3) is 4.40. The quantitative estimate of drug-likeness (QED) is 0.701. The van der Waals surface area contributed by atoms with Crippen LogP contribution in [0.15, 0.2) is 89.8 Å². The van der Waals surface area contributed by atoms with E-state index in [1.807, 2.05) is 67.6 Å². The van der Waals surface area contributed by atoms with Gasteiger partial charge in [-0.25, -0.2) is 8.93 Å². The summed E-state index contributed by atoms with van der Waals surface area (Å²) in [5, 5.41) is 0. The van der Waals surface area contributed by atoms with Crippen molar-refractivity contribution in [2.24, 2.45) is 0 Å². The van der Waals surface area contributed by atoms with Gasteiger partial charge in [-0.1, -0.05) is 78.4 Å². The van der Waals surface area contributed by atoms with Crippen LogP contribution in [0.4, 0.5) is 0 Å². The highest BCUT2D eigenvalue weighted by Gasteiger charge is 2.16. The Morgan fingerprint density at radius 3 is 2.04 bits per heavy atom. The number of benzene rings is 3. The Balaban J connectivity index is 1.82. The number of hydrogen-bond donors (Lipinski definition) is 1. The molecule has 2 atom stereocenters. The van der Waals surface area contributed by atoms with Crippen molar-refractivity contribution >= 4 is 11.0 Å². The molecule has 0 heterocycles. The minimum absolute atomic E-state index is 0.00395. The lowest BCUT2D eigenvalue weighted by molar-refractivity contribution is 0.624. The van der Waals surface area contributed by atoms with Gasteiger partial charge in [0.1, 0.15) is 11.0 Å². The van der Waals surface area contributed by atoms with Crippen molar-refractivity contribution in [2.45, 2.75) is 24.3 Å².